The number of hydrogen-bond acceptors (Lipinski definition) is 4. The number of carbonyl (C=O) groups is 1. The van der Waals surface area contributed by atoms with E-state index in [0.29, 0.717) is 6.42 Å². The van der Waals surface area contributed by atoms with Crippen LogP contribution in [0.3, 0.4) is 0 Å². The zero-order chi connectivity index (χ0) is 28.1. The van der Waals surface area contributed by atoms with Crippen molar-refractivity contribution < 1.29 is 20.1 Å². The summed E-state index contributed by atoms with van der Waals surface area (Å²) in [6.07, 6.45) is 30.4. The SMILES string of the molecule is CCCCCCCCCC/C=C/C(O)C(CO)NC(=O)CC(O)CCCCCCCCCCCCCCC. The van der Waals surface area contributed by atoms with Crippen molar-refractivity contribution in [3.8, 4) is 0 Å². The molecule has 0 aromatic carbocycles. The fraction of sp³-hybridized carbons (Fsp3) is 0.909. The van der Waals surface area contributed by atoms with E-state index in [1.807, 2.05) is 6.08 Å². The minimum Gasteiger partial charge on any atom is -0.394 e. The van der Waals surface area contributed by atoms with E-state index >= 15 is 0 Å². The van der Waals surface area contributed by atoms with Crippen molar-refractivity contribution >= 4 is 5.91 Å². The third-order valence-corrected chi connectivity index (χ3v) is 7.57. The smallest absolute Gasteiger partial charge is 0.222 e. The first kappa shape index (κ1) is 37.1. The van der Waals surface area contributed by atoms with Crippen LogP contribution < -0.4 is 5.32 Å². The predicted molar refractivity (Wildman–Crippen MR) is 162 cm³/mol. The number of unbranched alkanes of at least 4 members (excludes halogenated alkanes) is 20. The molecule has 0 aliphatic carbocycles. The highest BCUT2D eigenvalue weighted by Gasteiger charge is 2.20. The van der Waals surface area contributed by atoms with Crippen LogP contribution in [0.4, 0.5) is 0 Å². The van der Waals surface area contributed by atoms with Gasteiger partial charge in [-0.2, -0.15) is 0 Å². The molecule has 226 valence electrons. The highest BCUT2D eigenvalue weighted by atomic mass is 16.3. The van der Waals surface area contributed by atoms with Crippen molar-refractivity contribution in [1.29, 1.82) is 0 Å². The van der Waals surface area contributed by atoms with Crippen LogP contribution in [0.1, 0.15) is 168 Å². The number of allylic oxidation sites excluding steroid dienone is 1. The van der Waals surface area contributed by atoms with E-state index in [4.69, 9.17) is 0 Å². The Hall–Kier alpha value is -0.910. The fourth-order valence-corrected chi connectivity index (χ4v) is 4.98. The van der Waals surface area contributed by atoms with Gasteiger partial charge in [0.1, 0.15) is 0 Å². The zero-order valence-electron chi connectivity index (χ0n) is 25.3. The van der Waals surface area contributed by atoms with Crippen molar-refractivity contribution in [3.05, 3.63) is 12.2 Å². The lowest BCUT2D eigenvalue weighted by Crippen LogP contribution is -2.45. The minimum atomic E-state index is -0.920. The van der Waals surface area contributed by atoms with Crippen LogP contribution in [0.2, 0.25) is 0 Å². The molecular formula is C33H65NO4. The largest absolute Gasteiger partial charge is 0.394 e. The van der Waals surface area contributed by atoms with E-state index in [1.54, 1.807) is 6.08 Å². The van der Waals surface area contributed by atoms with Crippen LogP contribution in [0.15, 0.2) is 12.2 Å². The van der Waals surface area contributed by atoms with Gasteiger partial charge >= 0.3 is 0 Å². The van der Waals surface area contributed by atoms with Crippen LogP contribution in [-0.2, 0) is 4.79 Å². The molecule has 1 amide bonds. The molecule has 0 bridgehead atoms. The Balaban J connectivity index is 3.76. The maximum absolute atomic E-state index is 12.3. The van der Waals surface area contributed by atoms with Crippen LogP contribution in [-0.4, -0.2) is 46.1 Å². The van der Waals surface area contributed by atoms with Crippen molar-refractivity contribution in [2.45, 2.75) is 186 Å². The maximum Gasteiger partial charge on any atom is 0.222 e. The topological polar surface area (TPSA) is 89.8 Å². The Morgan fingerprint density at radius 1 is 0.658 bits per heavy atom. The molecule has 38 heavy (non-hydrogen) atoms. The normalized spacial score (nSPS) is 14.1. The van der Waals surface area contributed by atoms with Gasteiger partial charge in [0.25, 0.3) is 0 Å². The lowest BCUT2D eigenvalue weighted by molar-refractivity contribution is -0.124. The lowest BCUT2D eigenvalue weighted by atomic mass is 10.0. The molecule has 0 aliphatic heterocycles. The molecule has 3 unspecified atom stereocenters. The van der Waals surface area contributed by atoms with Gasteiger partial charge in [-0.3, -0.25) is 4.79 Å². The number of rotatable bonds is 29. The Morgan fingerprint density at radius 2 is 1.08 bits per heavy atom. The first-order chi connectivity index (χ1) is 18.5. The Bertz CT molecular complexity index is 525. The average Bonchev–Trinajstić information content (AvgIpc) is 2.90. The summed E-state index contributed by atoms with van der Waals surface area (Å²) in [4.78, 5) is 12.3. The molecule has 0 saturated heterocycles. The highest BCUT2D eigenvalue weighted by Crippen LogP contribution is 2.14. The van der Waals surface area contributed by atoms with E-state index in [9.17, 15) is 20.1 Å². The van der Waals surface area contributed by atoms with E-state index < -0.39 is 18.2 Å². The van der Waals surface area contributed by atoms with Gasteiger partial charge in [-0.1, -0.05) is 154 Å². The summed E-state index contributed by atoms with van der Waals surface area (Å²) >= 11 is 0. The Morgan fingerprint density at radius 3 is 1.53 bits per heavy atom. The molecule has 0 rings (SSSR count). The molecule has 3 atom stereocenters. The van der Waals surface area contributed by atoms with Gasteiger partial charge in [-0.15, -0.1) is 0 Å². The van der Waals surface area contributed by atoms with Crippen molar-refractivity contribution in [1.82, 2.24) is 5.32 Å². The Kier molecular flexibility index (Phi) is 28.4. The van der Waals surface area contributed by atoms with Crippen molar-refractivity contribution in [2.75, 3.05) is 6.61 Å². The first-order valence-electron chi connectivity index (χ1n) is 16.5. The van der Waals surface area contributed by atoms with Crippen LogP contribution in [0.5, 0.6) is 0 Å². The fourth-order valence-electron chi connectivity index (χ4n) is 4.98. The molecule has 4 N–H and O–H groups in total. The molecule has 0 fully saturated rings. The molecule has 5 heteroatoms. The molecule has 0 saturated carbocycles. The molecule has 0 heterocycles. The first-order valence-corrected chi connectivity index (χ1v) is 16.5. The van der Waals surface area contributed by atoms with Gasteiger partial charge < -0.3 is 20.6 Å². The lowest BCUT2D eigenvalue weighted by Gasteiger charge is -2.21. The van der Waals surface area contributed by atoms with Crippen LogP contribution >= 0.6 is 0 Å². The molecule has 0 aromatic rings. The van der Waals surface area contributed by atoms with Gasteiger partial charge in [0.15, 0.2) is 0 Å². The number of nitrogens with one attached hydrogen (secondary N) is 1. The van der Waals surface area contributed by atoms with Gasteiger partial charge in [0.2, 0.25) is 5.91 Å². The quantitative estimate of drug-likeness (QED) is 0.0570. The van der Waals surface area contributed by atoms with E-state index in [1.165, 1.54) is 116 Å². The van der Waals surface area contributed by atoms with Crippen LogP contribution in [0, 0.1) is 0 Å². The summed E-state index contributed by atoms with van der Waals surface area (Å²) in [5, 5.41) is 32.8. The number of aliphatic hydroxyl groups is 3. The molecule has 0 aliphatic rings. The van der Waals surface area contributed by atoms with Gasteiger partial charge in [-0.25, -0.2) is 0 Å². The van der Waals surface area contributed by atoms with Gasteiger partial charge in [0.05, 0.1) is 31.3 Å². The average molecular weight is 540 g/mol. The molecule has 0 radical (unpaired) electrons. The van der Waals surface area contributed by atoms with Gasteiger partial charge in [0, 0.05) is 0 Å². The second kappa shape index (κ2) is 29.1. The maximum atomic E-state index is 12.3. The number of amides is 1. The third-order valence-electron chi connectivity index (χ3n) is 7.57. The summed E-state index contributed by atoms with van der Waals surface area (Å²) in [6.45, 7) is 4.17. The highest BCUT2D eigenvalue weighted by molar-refractivity contribution is 5.76. The molecule has 0 spiro atoms. The molecule has 5 nitrogen and oxygen atoms in total. The zero-order valence-corrected chi connectivity index (χ0v) is 25.3. The third kappa shape index (κ3) is 25.4. The summed E-state index contributed by atoms with van der Waals surface area (Å²) in [7, 11) is 0. The summed E-state index contributed by atoms with van der Waals surface area (Å²) in [5.41, 5.74) is 0. The van der Waals surface area contributed by atoms with E-state index in [0.717, 1.165) is 25.7 Å². The minimum absolute atomic E-state index is 0.0173. The summed E-state index contributed by atoms with van der Waals surface area (Å²) < 4.78 is 0. The number of hydrogen-bond donors (Lipinski definition) is 4. The predicted octanol–water partition coefficient (Wildman–Crippen LogP) is 8.14. The van der Waals surface area contributed by atoms with Crippen molar-refractivity contribution in [3.63, 3.8) is 0 Å². The van der Waals surface area contributed by atoms with Crippen molar-refractivity contribution in [2.24, 2.45) is 0 Å². The standard InChI is InChI=1S/C33H65NO4/c1-3-5-7-9-11-13-15-16-17-18-20-22-24-26-30(36)28-33(38)34-31(29-35)32(37)27-25-23-21-19-14-12-10-8-6-4-2/h25,27,30-32,35-37H,3-24,26,28-29H2,1-2H3,(H,34,38)/b27-25+. The van der Waals surface area contributed by atoms with Gasteiger partial charge in [-0.05, 0) is 19.3 Å². The molecular weight excluding hydrogens is 474 g/mol. The second-order valence-electron chi connectivity index (χ2n) is 11.4. The van der Waals surface area contributed by atoms with E-state index in [-0.39, 0.29) is 18.9 Å². The Labute approximate surface area is 236 Å². The summed E-state index contributed by atoms with van der Waals surface area (Å²) in [6, 6.07) is -0.735. The number of carbonyl (C=O) groups excluding carboxylic acids is 1. The molecule has 0 aromatic heterocycles. The summed E-state index contributed by atoms with van der Waals surface area (Å²) in [5.74, 6) is -0.318. The van der Waals surface area contributed by atoms with Crippen LogP contribution in [0.25, 0.3) is 0 Å². The van der Waals surface area contributed by atoms with E-state index in [2.05, 4.69) is 19.2 Å². The monoisotopic (exact) mass is 539 g/mol. The number of aliphatic hydroxyl groups excluding tert-OH is 3. The second-order valence-corrected chi connectivity index (χ2v) is 11.4.